The molecule has 1 saturated heterocycles. The number of carbonyl (C=O) groups excluding carboxylic acids is 1. The Morgan fingerprint density at radius 2 is 1.88 bits per heavy atom. The molecule has 1 aliphatic rings. The normalized spacial score (nSPS) is 14.6. The van der Waals surface area contributed by atoms with E-state index in [-0.39, 0.29) is 5.91 Å². The maximum absolute atomic E-state index is 12.9. The lowest BCUT2D eigenvalue weighted by molar-refractivity contribution is 0.102. The minimum absolute atomic E-state index is 0.224. The SMILES string of the molecule is Cc1nnc(-c2cnc3cnc(NC(=O)c4ccnc(N5CCN(C)CC5)c4)cc3c2)s1. The fourth-order valence-electron chi connectivity index (χ4n) is 3.59. The van der Waals surface area contributed by atoms with E-state index in [0.29, 0.717) is 11.4 Å². The Kier molecular flexibility index (Phi) is 5.46. The Balaban J connectivity index is 1.36. The number of hydrogen-bond acceptors (Lipinski definition) is 9. The third-order valence-corrected chi connectivity index (χ3v) is 6.30. The van der Waals surface area contributed by atoms with Crippen LogP contribution in [-0.2, 0) is 0 Å². The molecule has 0 radical (unpaired) electrons. The Morgan fingerprint density at radius 1 is 1.03 bits per heavy atom. The Labute approximate surface area is 189 Å². The minimum Gasteiger partial charge on any atom is -0.354 e. The summed E-state index contributed by atoms with van der Waals surface area (Å²) in [7, 11) is 2.11. The second kappa shape index (κ2) is 8.56. The van der Waals surface area contributed by atoms with Gasteiger partial charge in [-0.25, -0.2) is 9.97 Å². The number of rotatable bonds is 4. The zero-order valence-corrected chi connectivity index (χ0v) is 18.6. The first-order valence-corrected chi connectivity index (χ1v) is 11.1. The molecule has 9 nitrogen and oxygen atoms in total. The molecule has 4 aromatic heterocycles. The molecule has 0 saturated carbocycles. The number of aryl methyl sites for hydroxylation is 1. The lowest BCUT2D eigenvalue weighted by atomic mass is 10.2. The van der Waals surface area contributed by atoms with Crippen molar-refractivity contribution in [2.75, 3.05) is 43.4 Å². The summed E-state index contributed by atoms with van der Waals surface area (Å²) in [6.45, 7) is 5.66. The van der Waals surface area contributed by atoms with Crippen molar-refractivity contribution in [3.05, 3.63) is 53.4 Å². The number of likely N-dealkylation sites (N-methyl/N-ethyl adjacent to an activating group) is 1. The van der Waals surface area contributed by atoms with E-state index >= 15 is 0 Å². The van der Waals surface area contributed by atoms with Crippen LogP contribution in [0.5, 0.6) is 0 Å². The van der Waals surface area contributed by atoms with Crippen molar-refractivity contribution < 1.29 is 4.79 Å². The van der Waals surface area contributed by atoms with Gasteiger partial charge in [-0.1, -0.05) is 11.3 Å². The molecule has 0 atom stereocenters. The van der Waals surface area contributed by atoms with Gasteiger partial charge in [0, 0.05) is 55.1 Å². The number of nitrogens with one attached hydrogen (secondary N) is 1. The molecule has 0 spiro atoms. The molecular weight excluding hydrogens is 424 g/mol. The molecule has 0 aliphatic carbocycles. The van der Waals surface area contributed by atoms with Gasteiger partial charge in [-0.15, -0.1) is 10.2 Å². The minimum atomic E-state index is -0.224. The maximum atomic E-state index is 12.9. The van der Waals surface area contributed by atoms with Crippen molar-refractivity contribution >= 4 is 39.8 Å². The fraction of sp³-hybridized carbons (Fsp3) is 0.273. The van der Waals surface area contributed by atoms with Crippen LogP contribution in [0.1, 0.15) is 15.4 Å². The molecule has 0 unspecified atom stereocenters. The number of hydrogen-bond donors (Lipinski definition) is 1. The molecule has 1 N–H and O–H groups in total. The second-order valence-corrected chi connectivity index (χ2v) is 8.94. The summed E-state index contributed by atoms with van der Waals surface area (Å²) in [5.74, 6) is 1.06. The summed E-state index contributed by atoms with van der Waals surface area (Å²) in [4.78, 5) is 30.6. The van der Waals surface area contributed by atoms with Gasteiger partial charge in [0.05, 0.1) is 11.7 Å². The largest absolute Gasteiger partial charge is 0.354 e. The lowest BCUT2D eigenvalue weighted by Gasteiger charge is -2.33. The topological polar surface area (TPSA) is 100 Å². The van der Waals surface area contributed by atoms with Crippen LogP contribution in [0.25, 0.3) is 21.5 Å². The summed E-state index contributed by atoms with van der Waals surface area (Å²) in [6.07, 6.45) is 5.10. The number of amides is 1. The van der Waals surface area contributed by atoms with Gasteiger partial charge in [0.2, 0.25) is 0 Å². The van der Waals surface area contributed by atoms with Crippen LogP contribution in [0, 0.1) is 6.92 Å². The Morgan fingerprint density at radius 3 is 2.66 bits per heavy atom. The number of fused-ring (bicyclic) bond motifs is 1. The molecule has 162 valence electrons. The van der Waals surface area contributed by atoms with Crippen LogP contribution in [0.15, 0.2) is 42.9 Å². The molecule has 10 heteroatoms. The van der Waals surface area contributed by atoms with Crippen molar-refractivity contribution in [2.24, 2.45) is 0 Å². The van der Waals surface area contributed by atoms with E-state index in [1.54, 1.807) is 24.7 Å². The van der Waals surface area contributed by atoms with E-state index in [9.17, 15) is 4.79 Å². The summed E-state index contributed by atoms with van der Waals surface area (Å²) in [6, 6.07) is 7.35. The predicted octanol–water partition coefficient (Wildman–Crippen LogP) is 2.86. The van der Waals surface area contributed by atoms with Crippen molar-refractivity contribution in [3.8, 4) is 10.6 Å². The highest BCUT2D eigenvalue weighted by Crippen LogP contribution is 2.26. The molecule has 0 aromatic carbocycles. The molecule has 1 amide bonds. The number of anilines is 2. The molecule has 5 heterocycles. The monoisotopic (exact) mass is 446 g/mol. The van der Waals surface area contributed by atoms with Crippen LogP contribution in [0.3, 0.4) is 0 Å². The number of nitrogens with zero attached hydrogens (tertiary/aromatic N) is 7. The average molecular weight is 447 g/mol. The maximum Gasteiger partial charge on any atom is 0.257 e. The van der Waals surface area contributed by atoms with Gasteiger partial charge in [0.15, 0.2) is 0 Å². The van der Waals surface area contributed by atoms with Gasteiger partial charge in [0.1, 0.15) is 21.7 Å². The third kappa shape index (κ3) is 4.27. The van der Waals surface area contributed by atoms with Crippen molar-refractivity contribution in [1.29, 1.82) is 0 Å². The lowest BCUT2D eigenvalue weighted by Crippen LogP contribution is -2.44. The third-order valence-electron chi connectivity index (χ3n) is 5.42. The second-order valence-electron chi connectivity index (χ2n) is 7.76. The van der Waals surface area contributed by atoms with Crippen LogP contribution in [0.2, 0.25) is 0 Å². The van der Waals surface area contributed by atoms with Gasteiger partial charge in [-0.3, -0.25) is 9.78 Å². The zero-order chi connectivity index (χ0) is 22.1. The number of pyridine rings is 3. The predicted molar refractivity (Wildman–Crippen MR) is 125 cm³/mol. The Hall–Kier alpha value is -3.50. The first kappa shape index (κ1) is 20.4. The summed E-state index contributed by atoms with van der Waals surface area (Å²) in [5.41, 5.74) is 2.18. The van der Waals surface area contributed by atoms with Gasteiger partial charge >= 0.3 is 0 Å². The molecule has 4 aromatic rings. The van der Waals surface area contributed by atoms with Crippen molar-refractivity contribution in [3.63, 3.8) is 0 Å². The van der Waals surface area contributed by atoms with Gasteiger partial charge < -0.3 is 15.1 Å². The highest BCUT2D eigenvalue weighted by molar-refractivity contribution is 7.14. The fourth-order valence-corrected chi connectivity index (χ4v) is 4.26. The van der Waals surface area contributed by atoms with Crippen LogP contribution in [0.4, 0.5) is 11.6 Å². The van der Waals surface area contributed by atoms with Gasteiger partial charge in [0.25, 0.3) is 5.91 Å². The first-order chi connectivity index (χ1) is 15.5. The van der Waals surface area contributed by atoms with E-state index < -0.39 is 0 Å². The van der Waals surface area contributed by atoms with Gasteiger partial charge in [-0.05, 0) is 38.2 Å². The van der Waals surface area contributed by atoms with Crippen molar-refractivity contribution in [2.45, 2.75) is 6.92 Å². The molecule has 0 bridgehead atoms. The van der Waals surface area contributed by atoms with Gasteiger partial charge in [-0.2, -0.15) is 0 Å². The molecule has 5 rings (SSSR count). The molecular formula is C22H22N8OS. The summed E-state index contributed by atoms with van der Waals surface area (Å²) < 4.78 is 0. The summed E-state index contributed by atoms with van der Waals surface area (Å²) >= 11 is 1.51. The van der Waals surface area contributed by atoms with E-state index in [2.05, 4.69) is 47.3 Å². The quantitative estimate of drug-likeness (QED) is 0.511. The smallest absolute Gasteiger partial charge is 0.257 e. The highest BCUT2D eigenvalue weighted by Gasteiger charge is 2.17. The standard InChI is InChI=1S/C22H22N8OS/c1-14-27-28-22(32-14)17-9-16-10-19(25-13-18(16)24-12-17)26-21(31)15-3-4-23-20(11-15)30-7-5-29(2)6-8-30/h3-4,9-13H,5-8H2,1-2H3,(H,25,26,31). The van der Waals surface area contributed by atoms with E-state index in [4.69, 9.17) is 0 Å². The zero-order valence-electron chi connectivity index (χ0n) is 17.8. The summed E-state index contributed by atoms with van der Waals surface area (Å²) in [5, 5.41) is 13.7. The van der Waals surface area contributed by atoms with Crippen molar-refractivity contribution in [1.82, 2.24) is 30.0 Å². The number of carbonyl (C=O) groups is 1. The highest BCUT2D eigenvalue weighted by atomic mass is 32.1. The molecule has 1 fully saturated rings. The number of piperazine rings is 1. The number of aromatic nitrogens is 5. The van der Waals surface area contributed by atoms with Crippen LogP contribution >= 0.6 is 11.3 Å². The average Bonchev–Trinajstić information content (AvgIpc) is 3.25. The van der Waals surface area contributed by atoms with E-state index in [1.807, 2.05) is 25.1 Å². The van der Waals surface area contributed by atoms with E-state index in [0.717, 1.165) is 58.5 Å². The van der Waals surface area contributed by atoms with E-state index in [1.165, 1.54) is 11.3 Å². The van der Waals surface area contributed by atoms with Crippen LogP contribution < -0.4 is 10.2 Å². The van der Waals surface area contributed by atoms with Crippen LogP contribution in [-0.4, -0.2) is 69.2 Å². The first-order valence-electron chi connectivity index (χ1n) is 10.3. The molecule has 32 heavy (non-hydrogen) atoms. The molecule has 1 aliphatic heterocycles. The Bertz CT molecular complexity index is 1280.